The smallest absolute Gasteiger partial charge is 0.235 e. The molecule has 0 saturated carbocycles. The fourth-order valence-corrected chi connectivity index (χ4v) is 5.09. The predicted molar refractivity (Wildman–Crippen MR) is 132 cm³/mol. The Morgan fingerprint density at radius 2 is 2.09 bits per heavy atom. The maximum absolute atomic E-state index is 12.6. The van der Waals surface area contributed by atoms with Crippen LogP contribution in [0.4, 0.5) is 5.00 Å². The van der Waals surface area contributed by atoms with Gasteiger partial charge in [-0.05, 0) is 42.1 Å². The number of aromatic amines is 1. The van der Waals surface area contributed by atoms with Gasteiger partial charge < -0.3 is 10.3 Å². The van der Waals surface area contributed by atoms with Crippen LogP contribution in [-0.4, -0.2) is 31.4 Å². The molecule has 0 aliphatic heterocycles. The fourth-order valence-electron chi connectivity index (χ4n) is 3.58. The molecule has 1 amide bonds. The Morgan fingerprint density at radius 1 is 1.21 bits per heavy atom. The van der Waals surface area contributed by atoms with E-state index in [4.69, 9.17) is 5.26 Å². The van der Waals surface area contributed by atoms with Crippen LogP contribution in [0.15, 0.2) is 71.3 Å². The number of nitrogens with zero attached hydrogens (tertiary/aromatic N) is 4. The van der Waals surface area contributed by atoms with Gasteiger partial charge in [0.05, 0.1) is 11.3 Å². The molecule has 0 bridgehead atoms. The molecule has 3 aromatic heterocycles. The predicted octanol–water partition coefficient (Wildman–Crippen LogP) is 5.39. The number of aryl methyl sites for hydroxylation is 1. The van der Waals surface area contributed by atoms with Gasteiger partial charge in [-0.1, -0.05) is 42.1 Å². The van der Waals surface area contributed by atoms with Crippen LogP contribution in [0.2, 0.25) is 0 Å². The van der Waals surface area contributed by atoms with Crippen molar-refractivity contribution < 1.29 is 4.79 Å². The highest BCUT2D eigenvalue weighted by Crippen LogP contribution is 2.33. The quantitative estimate of drug-likeness (QED) is 0.324. The van der Waals surface area contributed by atoms with Gasteiger partial charge in [0.2, 0.25) is 5.91 Å². The van der Waals surface area contributed by atoms with E-state index in [1.807, 2.05) is 60.2 Å². The van der Waals surface area contributed by atoms with Crippen molar-refractivity contribution in [3.05, 3.63) is 77.3 Å². The summed E-state index contributed by atoms with van der Waals surface area (Å²) in [5, 5.41) is 24.9. The van der Waals surface area contributed by atoms with Gasteiger partial charge in [0.15, 0.2) is 11.0 Å². The van der Waals surface area contributed by atoms with Gasteiger partial charge in [-0.25, -0.2) is 0 Å². The number of nitriles is 1. The van der Waals surface area contributed by atoms with Crippen LogP contribution < -0.4 is 5.32 Å². The SMILES string of the molecule is Cc1cccc(-n2c(SCC(=O)Nc3sccc3C#N)nnc2-c2c[nH]c3ccccc23)c1. The Balaban J connectivity index is 1.49. The topological polar surface area (TPSA) is 99.4 Å². The summed E-state index contributed by atoms with van der Waals surface area (Å²) in [7, 11) is 0. The molecule has 5 aromatic rings. The molecule has 0 radical (unpaired) electrons. The van der Waals surface area contributed by atoms with E-state index < -0.39 is 0 Å². The number of benzene rings is 2. The number of amides is 1. The summed E-state index contributed by atoms with van der Waals surface area (Å²) < 4.78 is 1.98. The van der Waals surface area contributed by atoms with E-state index >= 15 is 0 Å². The van der Waals surface area contributed by atoms with Crippen molar-refractivity contribution in [3.8, 4) is 23.1 Å². The molecular formula is C24H18N6OS2. The van der Waals surface area contributed by atoms with Crippen molar-refractivity contribution in [2.24, 2.45) is 0 Å². The lowest BCUT2D eigenvalue weighted by molar-refractivity contribution is -0.113. The van der Waals surface area contributed by atoms with Gasteiger partial charge >= 0.3 is 0 Å². The molecule has 0 saturated heterocycles. The van der Waals surface area contributed by atoms with Crippen LogP contribution in [0.1, 0.15) is 11.1 Å². The number of H-pyrrole nitrogens is 1. The molecule has 162 valence electrons. The number of fused-ring (bicyclic) bond motifs is 1. The third-order valence-corrected chi connectivity index (χ3v) is 6.85. The van der Waals surface area contributed by atoms with E-state index in [1.54, 1.807) is 11.4 Å². The van der Waals surface area contributed by atoms with E-state index in [9.17, 15) is 4.79 Å². The summed E-state index contributed by atoms with van der Waals surface area (Å²) in [6.07, 6.45) is 1.93. The summed E-state index contributed by atoms with van der Waals surface area (Å²) in [6.45, 7) is 2.04. The molecule has 5 rings (SSSR count). The lowest BCUT2D eigenvalue weighted by Crippen LogP contribution is -2.14. The lowest BCUT2D eigenvalue weighted by atomic mass is 10.1. The third-order valence-electron chi connectivity index (χ3n) is 5.09. The number of anilines is 1. The van der Waals surface area contributed by atoms with Crippen LogP contribution in [0.3, 0.4) is 0 Å². The minimum atomic E-state index is -0.202. The number of carbonyl (C=O) groups excluding carboxylic acids is 1. The van der Waals surface area contributed by atoms with E-state index in [2.05, 4.69) is 32.6 Å². The number of rotatable bonds is 6. The molecule has 0 unspecified atom stereocenters. The zero-order valence-corrected chi connectivity index (χ0v) is 19.2. The molecule has 2 N–H and O–H groups in total. The van der Waals surface area contributed by atoms with Crippen LogP contribution >= 0.6 is 23.1 Å². The van der Waals surface area contributed by atoms with Gasteiger partial charge in [-0.15, -0.1) is 21.5 Å². The monoisotopic (exact) mass is 470 g/mol. The van der Waals surface area contributed by atoms with Crippen LogP contribution in [-0.2, 0) is 4.79 Å². The van der Waals surface area contributed by atoms with E-state index in [1.165, 1.54) is 23.1 Å². The molecule has 33 heavy (non-hydrogen) atoms. The second kappa shape index (κ2) is 8.94. The zero-order valence-electron chi connectivity index (χ0n) is 17.6. The second-order valence-corrected chi connectivity index (χ2v) is 9.20. The highest BCUT2D eigenvalue weighted by Gasteiger charge is 2.20. The van der Waals surface area contributed by atoms with Crippen molar-refractivity contribution in [1.82, 2.24) is 19.7 Å². The number of thioether (sulfide) groups is 1. The van der Waals surface area contributed by atoms with Gasteiger partial charge in [0.25, 0.3) is 0 Å². The molecule has 0 fully saturated rings. The average Bonchev–Trinajstić information content (AvgIpc) is 3.55. The Labute approximate surface area is 198 Å². The first-order valence-corrected chi connectivity index (χ1v) is 12.0. The highest BCUT2D eigenvalue weighted by atomic mass is 32.2. The first kappa shape index (κ1) is 21.0. The Hall–Kier alpha value is -3.87. The molecule has 0 aliphatic carbocycles. The average molecular weight is 471 g/mol. The molecule has 0 spiro atoms. The van der Waals surface area contributed by atoms with Crippen LogP contribution in [0.25, 0.3) is 28.0 Å². The highest BCUT2D eigenvalue weighted by molar-refractivity contribution is 7.99. The lowest BCUT2D eigenvalue weighted by Gasteiger charge is -2.11. The van der Waals surface area contributed by atoms with Crippen molar-refractivity contribution in [1.29, 1.82) is 5.26 Å². The molecule has 2 aromatic carbocycles. The minimum absolute atomic E-state index is 0.139. The molecule has 3 heterocycles. The standard InChI is InChI=1S/C24H18N6OS2/c1-15-5-4-6-17(11-15)30-22(19-13-26-20-8-3-2-7-18(19)20)28-29-24(30)33-14-21(31)27-23-16(12-25)9-10-32-23/h2-11,13,26H,14H2,1H3,(H,27,31). The summed E-state index contributed by atoms with van der Waals surface area (Å²) in [5.41, 5.74) is 4.45. The summed E-state index contributed by atoms with van der Waals surface area (Å²) >= 11 is 2.63. The third kappa shape index (κ3) is 4.14. The minimum Gasteiger partial charge on any atom is -0.360 e. The summed E-state index contributed by atoms with van der Waals surface area (Å²) in [6, 6.07) is 19.9. The van der Waals surface area contributed by atoms with E-state index in [-0.39, 0.29) is 11.7 Å². The number of thiophene rings is 1. The number of para-hydroxylation sites is 1. The summed E-state index contributed by atoms with van der Waals surface area (Å²) in [4.78, 5) is 15.9. The zero-order chi connectivity index (χ0) is 22.8. The van der Waals surface area contributed by atoms with Crippen molar-refractivity contribution in [2.75, 3.05) is 11.1 Å². The van der Waals surface area contributed by atoms with Crippen molar-refractivity contribution in [3.63, 3.8) is 0 Å². The fraction of sp³-hybridized carbons (Fsp3) is 0.0833. The molecule has 9 heteroatoms. The van der Waals surface area contributed by atoms with Crippen LogP contribution in [0, 0.1) is 18.3 Å². The van der Waals surface area contributed by atoms with Gasteiger partial charge in [-0.3, -0.25) is 9.36 Å². The molecular weight excluding hydrogens is 452 g/mol. The van der Waals surface area contributed by atoms with Crippen molar-refractivity contribution >= 4 is 44.9 Å². The Morgan fingerprint density at radius 3 is 2.94 bits per heavy atom. The first-order chi connectivity index (χ1) is 16.1. The Bertz CT molecular complexity index is 1510. The number of carbonyl (C=O) groups is 1. The number of aromatic nitrogens is 4. The van der Waals surface area contributed by atoms with Gasteiger partial charge in [-0.2, -0.15) is 5.26 Å². The van der Waals surface area contributed by atoms with E-state index in [0.29, 0.717) is 21.5 Å². The second-order valence-electron chi connectivity index (χ2n) is 7.34. The number of hydrogen-bond acceptors (Lipinski definition) is 6. The molecule has 7 nitrogen and oxygen atoms in total. The van der Waals surface area contributed by atoms with Gasteiger partial charge in [0, 0.05) is 28.4 Å². The number of hydrogen-bond donors (Lipinski definition) is 2. The summed E-state index contributed by atoms with van der Waals surface area (Å²) in [5.74, 6) is 0.637. The largest absolute Gasteiger partial charge is 0.360 e. The van der Waals surface area contributed by atoms with Crippen molar-refractivity contribution in [2.45, 2.75) is 12.1 Å². The van der Waals surface area contributed by atoms with Crippen LogP contribution in [0.5, 0.6) is 0 Å². The molecule has 0 atom stereocenters. The maximum atomic E-state index is 12.6. The van der Waals surface area contributed by atoms with E-state index in [0.717, 1.165) is 27.7 Å². The maximum Gasteiger partial charge on any atom is 0.235 e. The van der Waals surface area contributed by atoms with Gasteiger partial charge in [0.1, 0.15) is 11.1 Å². The molecule has 0 aliphatic rings. The first-order valence-electron chi connectivity index (χ1n) is 10.1. The number of nitrogens with one attached hydrogen (secondary N) is 2. The normalized spacial score (nSPS) is 10.9. The Kier molecular flexibility index (Phi) is 5.69.